The van der Waals surface area contributed by atoms with E-state index in [1.54, 1.807) is 0 Å². The van der Waals surface area contributed by atoms with Gasteiger partial charge in [-0.15, -0.1) is 0 Å². The number of halogens is 5. The van der Waals surface area contributed by atoms with E-state index >= 15 is 0 Å². The lowest BCUT2D eigenvalue weighted by atomic mass is 10.1. The number of anilines is 1. The SMILES string of the molecule is O=C(COC(=O)[C@@H]1CC(=O)N(NC(=O)c2ccc(Cl)cc2Cl)C1)Nc1cccc(C(F)(F)F)c1. The molecule has 2 aromatic rings. The number of carbonyl (C=O) groups is 4. The van der Waals surface area contributed by atoms with Crippen LogP contribution in [0.4, 0.5) is 18.9 Å². The van der Waals surface area contributed by atoms with Crippen LogP contribution < -0.4 is 10.7 Å². The highest BCUT2D eigenvalue weighted by molar-refractivity contribution is 6.36. The molecule has 0 aliphatic carbocycles. The Morgan fingerprint density at radius 1 is 1.12 bits per heavy atom. The molecule has 1 atom stereocenters. The molecule has 0 spiro atoms. The van der Waals surface area contributed by atoms with Gasteiger partial charge in [0.1, 0.15) is 0 Å². The molecule has 1 heterocycles. The summed E-state index contributed by atoms with van der Waals surface area (Å²) >= 11 is 11.8. The summed E-state index contributed by atoms with van der Waals surface area (Å²) in [5, 5.41) is 3.52. The van der Waals surface area contributed by atoms with Crippen molar-refractivity contribution in [2.45, 2.75) is 12.6 Å². The van der Waals surface area contributed by atoms with Crippen LogP contribution in [0.3, 0.4) is 0 Å². The largest absolute Gasteiger partial charge is 0.455 e. The fourth-order valence-electron chi connectivity index (χ4n) is 3.05. The number of benzene rings is 2. The normalized spacial score (nSPS) is 15.7. The van der Waals surface area contributed by atoms with Gasteiger partial charge in [-0.1, -0.05) is 29.3 Å². The van der Waals surface area contributed by atoms with Gasteiger partial charge in [-0.2, -0.15) is 13.2 Å². The van der Waals surface area contributed by atoms with Gasteiger partial charge in [-0.05, 0) is 36.4 Å². The summed E-state index contributed by atoms with van der Waals surface area (Å²) in [6.07, 6.45) is -4.86. The van der Waals surface area contributed by atoms with E-state index in [1.165, 1.54) is 24.3 Å². The van der Waals surface area contributed by atoms with E-state index < -0.39 is 48.0 Å². The van der Waals surface area contributed by atoms with Gasteiger partial charge < -0.3 is 10.1 Å². The maximum atomic E-state index is 12.8. The maximum Gasteiger partial charge on any atom is 0.416 e. The first-order valence-corrected chi connectivity index (χ1v) is 10.4. The summed E-state index contributed by atoms with van der Waals surface area (Å²) in [6, 6.07) is 8.12. The lowest BCUT2D eigenvalue weighted by Gasteiger charge is -2.18. The van der Waals surface area contributed by atoms with Gasteiger partial charge in [0.15, 0.2) is 6.61 Å². The zero-order chi connectivity index (χ0) is 25.0. The highest BCUT2D eigenvalue weighted by Gasteiger charge is 2.37. The van der Waals surface area contributed by atoms with Gasteiger partial charge in [0.05, 0.1) is 28.6 Å². The number of amides is 3. The molecule has 1 saturated heterocycles. The molecule has 2 N–H and O–H groups in total. The Balaban J connectivity index is 1.51. The summed E-state index contributed by atoms with van der Waals surface area (Å²) in [7, 11) is 0. The van der Waals surface area contributed by atoms with Crippen LogP contribution in [0.2, 0.25) is 10.0 Å². The summed E-state index contributed by atoms with van der Waals surface area (Å²) in [5.74, 6) is -3.96. The van der Waals surface area contributed by atoms with Crippen LogP contribution in [0, 0.1) is 5.92 Å². The number of nitrogens with one attached hydrogen (secondary N) is 2. The minimum Gasteiger partial charge on any atom is -0.455 e. The van der Waals surface area contributed by atoms with E-state index in [2.05, 4.69) is 10.7 Å². The van der Waals surface area contributed by atoms with Gasteiger partial charge in [-0.25, -0.2) is 0 Å². The van der Waals surface area contributed by atoms with Crippen molar-refractivity contribution in [3.05, 3.63) is 63.6 Å². The van der Waals surface area contributed by atoms with E-state index in [-0.39, 0.29) is 29.2 Å². The van der Waals surface area contributed by atoms with E-state index in [0.29, 0.717) is 5.02 Å². The minimum atomic E-state index is -4.58. The molecule has 3 amide bonds. The highest BCUT2D eigenvalue weighted by atomic mass is 35.5. The molecular formula is C21H16Cl2F3N3O5. The number of alkyl halides is 3. The van der Waals surface area contributed by atoms with E-state index in [9.17, 15) is 32.3 Å². The Labute approximate surface area is 200 Å². The topological polar surface area (TPSA) is 105 Å². The molecule has 13 heteroatoms. The van der Waals surface area contributed by atoms with Crippen LogP contribution in [-0.4, -0.2) is 41.9 Å². The van der Waals surface area contributed by atoms with Crippen molar-refractivity contribution < 1.29 is 37.1 Å². The van der Waals surface area contributed by atoms with Crippen molar-refractivity contribution in [2.75, 3.05) is 18.5 Å². The Hall–Kier alpha value is -3.31. The molecule has 8 nitrogen and oxygen atoms in total. The summed E-state index contributed by atoms with van der Waals surface area (Å²) in [4.78, 5) is 48.7. The third-order valence-corrected chi connectivity index (χ3v) is 5.24. The Morgan fingerprint density at radius 3 is 2.53 bits per heavy atom. The van der Waals surface area contributed by atoms with Crippen LogP contribution >= 0.6 is 23.2 Å². The number of rotatable bonds is 6. The van der Waals surface area contributed by atoms with E-state index in [4.69, 9.17) is 27.9 Å². The van der Waals surface area contributed by atoms with E-state index in [1.807, 2.05) is 0 Å². The van der Waals surface area contributed by atoms with Crippen LogP contribution in [0.1, 0.15) is 22.3 Å². The second-order valence-electron chi connectivity index (χ2n) is 7.20. The number of hydrogen-bond donors (Lipinski definition) is 2. The van der Waals surface area contributed by atoms with Crippen molar-refractivity contribution in [3.8, 4) is 0 Å². The number of nitrogens with zero attached hydrogens (tertiary/aromatic N) is 1. The quantitative estimate of drug-likeness (QED) is 0.568. The summed E-state index contributed by atoms with van der Waals surface area (Å²) in [5.41, 5.74) is 1.34. The van der Waals surface area contributed by atoms with Gasteiger partial charge in [0.2, 0.25) is 5.91 Å². The monoisotopic (exact) mass is 517 g/mol. The molecule has 1 aliphatic rings. The molecule has 0 unspecified atom stereocenters. The molecule has 1 aliphatic heterocycles. The van der Waals surface area contributed by atoms with Gasteiger partial charge in [-0.3, -0.25) is 29.6 Å². The lowest BCUT2D eigenvalue weighted by molar-refractivity contribution is -0.151. The van der Waals surface area contributed by atoms with Crippen molar-refractivity contribution >= 4 is 52.6 Å². The molecule has 34 heavy (non-hydrogen) atoms. The third kappa shape index (κ3) is 6.39. The molecule has 0 bridgehead atoms. The molecule has 180 valence electrons. The summed E-state index contributed by atoms with van der Waals surface area (Å²) in [6.45, 7) is -0.976. The first kappa shape index (κ1) is 25.3. The highest BCUT2D eigenvalue weighted by Crippen LogP contribution is 2.30. The molecule has 3 rings (SSSR count). The van der Waals surface area contributed by atoms with Gasteiger partial charge in [0, 0.05) is 17.1 Å². The predicted molar refractivity (Wildman–Crippen MR) is 115 cm³/mol. The maximum absolute atomic E-state index is 12.8. The summed E-state index contributed by atoms with van der Waals surface area (Å²) < 4.78 is 43.1. The number of ether oxygens (including phenoxy) is 1. The first-order chi connectivity index (χ1) is 15.9. The van der Waals surface area contributed by atoms with Crippen molar-refractivity contribution in [1.29, 1.82) is 0 Å². The zero-order valence-electron chi connectivity index (χ0n) is 17.1. The molecule has 0 saturated carbocycles. The van der Waals surface area contributed by atoms with Gasteiger partial charge >= 0.3 is 12.1 Å². The van der Waals surface area contributed by atoms with Crippen LogP contribution in [0.5, 0.6) is 0 Å². The van der Waals surface area contributed by atoms with E-state index in [0.717, 1.165) is 23.2 Å². The Kier molecular flexibility index (Phi) is 7.68. The minimum absolute atomic E-state index is 0.0659. The van der Waals surface area contributed by atoms with Crippen molar-refractivity contribution in [2.24, 2.45) is 5.92 Å². The zero-order valence-corrected chi connectivity index (χ0v) is 18.6. The predicted octanol–water partition coefficient (Wildman–Crippen LogP) is 3.69. The number of hydrazine groups is 1. The second kappa shape index (κ2) is 10.3. The van der Waals surface area contributed by atoms with Crippen LogP contribution in [-0.2, 0) is 25.3 Å². The van der Waals surface area contributed by atoms with Crippen LogP contribution in [0.25, 0.3) is 0 Å². The fourth-order valence-corrected chi connectivity index (χ4v) is 3.55. The van der Waals surface area contributed by atoms with Crippen LogP contribution in [0.15, 0.2) is 42.5 Å². The average molecular weight is 518 g/mol. The first-order valence-electron chi connectivity index (χ1n) is 9.64. The lowest BCUT2D eigenvalue weighted by Crippen LogP contribution is -2.43. The molecule has 0 aromatic heterocycles. The third-order valence-electron chi connectivity index (χ3n) is 4.69. The fraction of sp³-hybridized carbons (Fsp3) is 0.238. The number of esters is 1. The van der Waals surface area contributed by atoms with Gasteiger partial charge in [0.25, 0.3) is 11.8 Å². The van der Waals surface area contributed by atoms with Crippen molar-refractivity contribution in [3.63, 3.8) is 0 Å². The average Bonchev–Trinajstić information content (AvgIpc) is 3.11. The molecule has 2 aromatic carbocycles. The second-order valence-corrected chi connectivity index (χ2v) is 8.05. The number of hydrogen-bond acceptors (Lipinski definition) is 5. The standard InChI is InChI=1S/C21H16Cl2F3N3O5/c22-13-4-5-15(16(23)8-13)19(32)28-29-9-11(6-18(29)31)20(33)34-10-17(30)27-14-3-1-2-12(7-14)21(24,25)26/h1-5,7-8,11H,6,9-10H2,(H,27,30)(H,28,32)/t11-/m1/s1. The molecular weight excluding hydrogens is 502 g/mol. The molecule has 1 fully saturated rings. The van der Waals surface area contributed by atoms with Crippen molar-refractivity contribution in [1.82, 2.24) is 10.4 Å². The number of carbonyl (C=O) groups excluding carboxylic acids is 4. The molecule has 0 radical (unpaired) electrons. The smallest absolute Gasteiger partial charge is 0.416 e. The Morgan fingerprint density at radius 2 is 1.85 bits per heavy atom. The Bertz CT molecular complexity index is 1140.